The fourth-order valence-electron chi connectivity index (χ4n) is 3.09. The molecule has 5 nitrogen and oxygen atoms in total. The summed E-state index contributed by atoms with van der Waals surface area (Å²) in [7, 11) is 0. The van der Waals surface area contributed by atoms with Crippen molar-refractivity contribution in [2.24, 2.45) is 0 Å². The van der Waals surface area contributed by atoms with Crippen molar-refractivity contribution in [1.29, 1.82) is 0 Å². The van der Waals surface area contributed by atoms with Crippen LogP contribution in [0.4, 0.5) is 5.69 Å². The summed E-state index contributed by atoms with van der Waals surface area (Å²) >= 11 is 0. The fraction of sp³-hybridized carbons (Fsp3) is 0.286. The summed E-state index contributed by atoms with van der Waals surface area (Å²) in [6, 6.07) is 9.48. The van der Waals surface area contributed by atoms with Gasteiger partial charge in [-0.3, -0.25) is 4.79 Å². The van der Waals surface area contributed by atoms with Gasteiger partial charge in [-0.05, 0) is 62.2 Å². The fourth-order valence-corrected chi connectivity index (χ4v) is 3.09. The molecule has 0 spiro atoms. The summed E-state index contributed by atoms with van der Waals surface area (Å²) in [6.07, 6.45) is 4.32. The molecule has 0 saturated carbocycles. The summed E-state index contributed by atoms with van der Waals surface area (Å²) in [5.74, 6) is 2.16. The maximum absolute atomic E-state index is 12.5. The van der Waals surface area contributed by atoms with Crippen LogP contribution >= 0.6 is 0 Å². The molecule has 0 aliphatic carbocycles. The van der Waals surface area contributed by atoms with Crippen LogP contribution in [0.3, 0.4) is 0 Å². The third kappa shape index (κ3) is 3.25. The molecule has 0 atom stereocenters. The quantitative estimate of drug-likeness (QED) is 0.905. The molecule has 2 aliphatic heterocycles. The highest BCUT2D eigenvalue weighted by Gasteiger charge is 2.22. The van der Waals surface area contributed by atoms with E-state index in [1.54, 1.807) is 0 Å². The molecular formula is C21H21NO4. The molecule has 0 unspecified atom stereocenters. The Morgan fingerprint density at radius 3 is 2.77 bits per heavy atom. The number of ether oxygens (including phenoxy) is 3. The average Bonchev–Trinajstić information content (AvgIpc) is 3.03. The number of anilines is 1. The maximum Gasteiger partial charge on any atom is 0.231 e. The second kappa shape index (κ2) is 6.09. The van der Waals surface area contributed by atoms with E-state index >= 15 is 0 Å². The summed E-state index contributed by atoms with van der Waals surface area (Å²) in [6.45, 7) is 6.22. The molecule has 0 saturated heterocycles. The Labute approximate surface area is 152 Å². The lowest BCUT2D eigenvalue weighted by Gasteiger charge is -2.28. The van der Waals surface area contributed by atoms with Crippen LogP contribution in [-0.2, 0) is 11.2 Å². The van der Waals surface area contributed by atoms with E-state index in [-0.39, 0.29) is 24.7 Å². The summed E-state index contributed by atoms with van der Waals surface area (Å²) in [5.41, 5.74) is 3.29. The molecule has 2 aromatic carbocycles. The topological polar surface area (TPSA) is 56.8 Å². The number of benzene rings is 2. The van der Waals surface area contributed by atoms with Gasteiger partial charge in [-0.1, -0.05) is 12.1 Å². The van der Waals surface area contributed by atoms with Crippen molar-refractivity contribution in [3.8, 4) is 17.2 Å². The van der Waals surface area contributed by atoms with Gasteiger partial charge in [0.25, 0.3) is 0 Å². The number of hydrogen-bond acceptors (Lipinski definition) is 4. The standard InChI is InChI=1S/C21H21NO4/c1-13-8-18-15(6-7-21(2,3)26-18)11-16(13)22-20(23)10-14-4-5-17-19(9-14)25-12-24-17/h4-9,11H,10,12H2,1-3H3,(H,22,23). The van der Waals surface area contributed by atoms with E-state index in [2.05, 4.69) is 5.32 Å². The van der Waals surface area contributed by atoms with Crippen molar-refractivity contribution in [3.05, 3.63) is 53.1 Å². The number of carbonyl (C=O) groups excluding carboxylic acids is 1. The number of rotatable bonds is 3. The summed E-state index contributed by atoms with van der Waals surface area (Å²) in [5, 5.41) is 3.00. The predicted octanol–water partition coefficient (Wildman–Crippen LogP) is 4.09. The number of carbonyl (C=O) groups is 1. The molecule has 26 heavy (non-hydrogen) atoms. The van der Waals surface area contributed by atoms with E-state index < -0.39 is 0 Å². The molecule has 1 N–H and O–H groups in total. The lowest BCUT2D eigenvalue weighted by atomic mass is 10.00. The molecule has 0 fully saturated rings. The largest absolute Gasteiger partial charge is 0.483 e. The average molecular weight is 351 g/mol. The minimum Gasteiger partial charge on any atom is -0.483 e. The molecule has 2 heterocycles. The van der Waals surface area contributed by atoms with Crippen molar-refractivity contribution < 1.29 is 19.0 Å². The summed E-state index contributed by atoms with van der Waals surface area (Å²) < 4.78 is 16.6. The molecule has 0 bridgehead atoms. The molecular weight excluding hydrogens is 330 g/mol. The van der Waals surface area contributed by atoms with Gasteiger partial charge in [-0.25, -0.2) is 0 Å². The van der Waals surface area contributed by atoms with Crippen LogP contribution in [0.15, 0.2) is 36.4 Å². The Morgan fingerprint density at radius 1 is 1.12 bits per heavy atom. The van der Waals surface area contributed by atoms with Gasteiger partial charge in [0.05, 0.1) is 6.42 Å². The van der Waals surface area contributed by atoms with Gasteiger partial charge in [-0.2, -0.15) is 0 Å². The Hall–Kier alpha value is -2.95. The normalized spacial score (nSPS) is 16.0. The first-order chi connectivity index (χ1) is 12.4. The lowest BCUT2D eigenvalue weighted by Crippen LogP contribution is -2.27. The zero-order valence-corrected chi connectivity index (χ0v) is 15.1. The minimum absolute atomic E-state index is 0.0760. The van der Waals surface area contributed by atoms with Crippen LogP contribution in [0.1, 0.15) is 30.5 Å². The van der Waals surface area contributed by atoms with E-state index in [0.717, 1.165) is 33.9 Å². The minimum atomic E-state index is -0.316. The van der Waals surface area contributed by atoms with Crippen molar-refractivity contribution in [2.75, 3.05) is 12.1 Å². The van der Waals surface area contributed by atoms with E-state index in [9.17, 15) is 4.79 Å². The maximum atomic E-state index is 12.5. The number of fused-ring (bicyclic) bond motifs is 2. The second-order valence-electron chi connectivity index (χ2n) is 7.16. The van der Waals surface area contributed by atoms with Gasteiger partial charge in [0.15, 0.2) is 11.5 Å². The number of aryl methyl sites for hydroxylation is 1. The molecule has 2 aromatic rings. The third-order valence-electron chi connectivity index (χ3n) is 4.47. The van der Waals surface area contributed by atoms with Crippen molar-refractivity contribution in [1.82, 2.24) is 0 Å². The first-order valence-electron chi connectivity index (χ1n) is 8.61. The first-order valence-corrected chi connectivity index (χ1v) is 8.61. The van der Waals surface area contributed by atoms with E-state index in [0.29, 0.717) is 5.75 Å². The van der Waals surface area contributed by atoms with Crippen LogP contribution in [0.5, 0.6) is 17.2 Å². The number of hydrogen-bond donors (Lipinski definition) is 1. The molecule has 0 aromatic heterocycles. The van der Waals surface area contributed by atoms with Crippen LogP contribution in [-0.4, -0.2) is 18.3 Å². The van der Waals surface area contributed by atoms with Gasteiger partial charge in [0.1, 0.15) is 11.4 Å². The van der Waals surface area contributed by atoms with Gasteiger partial charge in [-0.15, -0.1) is 0 Å². The number of nitrogens with one attached hydrogen (secondary N) is 1. The second-order valence-corrected chi connectivity index (χ2v) is 7.16. The Bertz CT molecular complexity index is 914. The summed E-state index contributed by atoms with van der Waals surface area (Å²) in [4.78, 5) is 12.5. The molecule has 5 heteroatoms. The van der Waals surface area contributed by atoms with E-state index in [4.69, 9.17) is 14.2 Å². The molecule has 1 amide bonds. The van der Waals surface area contributed by atoms with Crippen LogP contribution in [0.25, 0.3) is 6.08 Å². The highest BCUT2D eigenvalue weighted by molar-refractivity contribution is 5.93. The Kier molecular flexibility index (Phi) is 3.87. The predicted molar refractivity (Wildman–Crippen MR) is 99.8 cm³/mol. The van der Waals surface area contributed by atoms with Crippen LogP contribution in [0.2, 0.25) is 0 Å². The van der Waals surface area contributed by atoms with Crippen molar-refractivity contribution in [2.45, 2.75) is 32.8 Å². The Morgan fingerprint density at radius 2 is 1.92 bits per heavy atom. The first kappa shape index (κ1) is 16.5. The van der Waals surface area contributed by atoms with E-state index in [1.807, 2.05) is 63.3 Å². The third-order valence-corrected chi connectivity index (χ3v) is 4.47. The smallest absolute Gasteiger partial charge is 0.231 e. The van der Waals surface area contributed by atoms with Crippen molar-refractivity contribution >= 4 is 17.7 Å². The van der Waals surface area contributed by atoms with Gasteiger partial charge in [0.2, 0.25) is 12.7 Å². The number of amides is 1. The molecule has 4 rings (SSSR count). The zero-order valence-electron chi connectivity index (χ0n) is 15.1. The Balaban J connectivity index is 1.49. The van der Waals surface area contributed by atoms with Gasteiger partial charge < -0.3 is 19.5 Å². The molecule has 0 radical (unpaired) electrons. The van der Waals surface area contributed by atoms with E-state index in [1.165, 1.54) is 0 Å². The zero-order chi connectivity index (χ0) is 18.3. The SMILES string of the molecule is Cc1cc2c(cc1NC(=O)Cc1ccc3c(c1)OCO3)C=CC(C)(C)O2. The molecule has 134 valence electrons. The highest BCUT2D eigenvalue weighted by atomic mass is 16.7. The van der Waals surface area contributed by atoms with Crippen molar-refractivity contribution in [3.63, 3.8) is 0 Å². The monoisotopic (exact) mass is 351 g/mol. The highest BCUT2D eigenvalue weighted by Crippen LogP contribution is 2.35. The lowest BCUT2D eigenvalue weighted by molar-refractivity contribution is -0.115. The van der Waals surface area contributed by atoms with Crippen LogP contribution in [0, 0.1) is 6.92 Å². The van der Waals surface area contributed by atoms with Gasteiger partial charge >= 0.3 is 0 Å². The molecule has 2 aliphatic rings. The van der Waals surface area contributed by atoms with Gasteiger partial charge in [0, 0.05) is 11.3 Å². The van der Waals surface area contributed by atoms with Crippen LogP contribution < -0.4 is 19.5 Å².